The molecule has 6 heteroatoms. The lowest BCUT2D eigenvalue weighted by atomic mass is 10.2. The molecule has 0 aliphatic heterocycles. The largest absolute Gasteiger partial charge is 0.383 e. The quantitative estimate of drug-likeness (QED) is 0.628. The van der Waals surface area contributed by atoms with Crippen LogP contribution in [-0.4, -0.2) is 35.2 Å². The van der Waals surface area contributed by atoms with Crippen molar-refractivity contribution in [3.63, 3.8) is 0 Å². The van der Waals surface area contributed by atoms with E-state index in [-0.39, 0.29) is 0 Å². The Kier molecular flexibility index (Phi) is 5.52. The molecule has 2 rings (SSSR count). The molecule has 1 heterocycles. The second-order valence-electron chi connectivity index (χ2n) is 4.29. The van der Waals surface area contributed by atoms with E-state index in [0.717, 1.165) is 12.2 Å². The lowest BCUT2D eigenvalue weighted by Gasteiger charge is -2.07. The molecule has 0 aliphatic rings. The van der Waals surface area contributed by atoms with Crippen molar-refractivity contribution in [3.8, 4) is 0 Å². The predicted molar refractivity (Wildman–Crippen MR) is 83.9 cm³/mol. The van der Waals surface area contributed by atoms with Gasteiger partial charge in [0.25, 0.3) is 0 Å². The van der Waals surface area contributed by atoms with Gasteiger partial charge in [0.15, 0.2) is 5.11 Å². The molecule has 2 aromatic rings. The fourth-order valence-electron chi connectivity index (χ4n) is 1.73. The van der Waals surface area contributed by atoms with Crippen molar-refractivity contribution in [1.29, 1.82) is 0 Å². The van der Waals surface area contributed by atoms with Gasteiger partial charge in [-0.15, -0.1) is 0 Å². The molecule has 0 bridgehead atoms. The van der Waals surface area contributed by atoms with E-state index in [2.05, 4.69) is 27.9 Å². The minimum absolute atomic E-state index is 0.571. The van der Waals surface area contributed by atoms with Crippen LogP contribution in [0.3, 0.4) is 0 Å². The molecule has 0 fully saturated rings. The molecule has 0 saturated carbocycles. The van der Waals surface area contributed by atoms with Crippen LogP contribution >= 0.6 is 12.2 Å². The van der Waals surface area contributed by atoms with Crippen molar-refractivity contribution < 1.29 is 4.74 Å². The number of rotatable bonds is 6. The van der Waals surface area contributed by atoms with Crippen LogP contribution in [0.2, 0.25) is 0 Å². The molecular weight excluding hydrogens is 272 g/mol. The number of hydrogen-bond acceptors (Lipinski definition) is 3. The van der Waals surface area contributed by atoms with Gasteiger partial charge in [0.2, 0.25) is 0 Å². The summed E-state index contributed by atoms with van der Waals surface area (Å²) < 4.78 is 6.82. The van der Waals surface area contributed by atoms with Crippen molar-refractivity contribution in [1.82, 2.24) is 15.1 Å². The number of anilines is 1. The van der Waals surface area contributed by atoms with Gasteiger partial charge in [0, 0.05) is 19.9 Å². The molecular formula is C14H18N4OS. The smallest absolute Gasteiger partial charge is 0.170 e. The monoisotopic (exact) mass is 290 g/mol. The van der Waals surface area contributed by atoms with E-state index in [4.69, 9.17) is 17.0 Å². The normalized spacial score (nSPS) is 10.2. The molecule has 0 atom stereocenters. The summed E-state index contributed by atoms with van der Waals surface area (Å²) in [7, 11) is 1.66. The Balaban J connectivity index is 1.84. The number of nitrogens with one attached hydrogen (secondary N) is 2. The van der Waals surface area contributed by atoms with Gasteiger partial charge in [0.1, 0.15) is 0 Å². The van der Waals surface area contributed by atoms with Gasteiger partial charge < -0.3 is 15.4 Å². The van der Waals surface area contributed by atoms with Crippen LogP contribution in [0.25, 0.3) is 0 Å². The van der Waals surface area contributed by atoms with Crippen LogP contribution in [0.15, 0.2) is 42.7 Å². The SMILES string of the molecule is COCCNC(=S)Nc1cnn(Cc2ccccc2)c1. The molecule has 0 spiro atoms. The molecule has 0 saturated heterocycles. The van der Waals surface area contributed by atoms with Crippen molar-refractivity contribution in [3.05, 3.63) is 48.3 Å². The fraction of sp³-hybridized carbons (Fsp3) is 0.286. The summed E-state index contributed by atoms with van der Waals surface area (Å²) in [4.78, 5) is 0. The maximum absolute atomic E-state index is 5.17. The Labute approximate surface area is 123 Å². The van der Waals surface area contributed by atoms with Crippen molar-refractivity contribution in [2.45, 2.75) is 6.54 Å². The van der Waals surface area contributed by atoms with Gasteiger partial charge in [-0.1, -0.05) is 30.3 Å². The van der Waals surface area contributed by atoms with Gasteiger partial charge in [0.05, 0.1) is 25.0 Å². The first-order valence-electron chi connectivity index (χ1n) is 6.38. The van der Waals surface area contributed by atoms with Crippen LogP contribution in [0.5, 0.6) is 0 Å². The molecule has 1 aromatic carbocycles. The van der Waals surface area contributed by atoms with Gasteiger partial charge in [-0.3, -0.25) is 4.68 Å². The van der Waals surface area contributed by atoms with Crippen molar-refractivity contribution in [2.75, 3.05) is 25.6 Å². The zero-order valence-electron chi connectivity index (χ0n) is 11.4. The van der Waals surface area contributed by atoms with Crippen LogP contribution in [0.1, 0.15) is 5.56 Å². The summed E-state index contributed by atoms with van der Waals surface area (Å²) in [5, 5.41) is 11.0. The first-order chi connectivity index (χ1) is 9.78. The van der Waals surface area contributed by atoms with E-state index in [1.54, 1.807) is 13.3 Å². The number of benzene rings is 1. The zero-order chi connectivity index (χ0) is 14.2. The van der Waals surface area contributed by atoms with Crippen LogP contribution in [-0.2, 0) is 11.3 Å². The minimum atomic E-state index is 0.571. The zero-order valence-corrected chi connectivity index (χ0v) is 12.2. The van der Waals surface area contributed by atoms with Crippen molar-refractivity contribution >= 4 is 23.0 Å². The third-order valence-corrected chi connectivity index (χ3v) is 2.92. The number of ether oxygens (including phenoxy) is 1. The van der Waals surface area contributed by atoms with E-state index in [0.29, 0.717) is 18.3 Å². The molecule has 1 aromatic heterocycles. The average Bonchev–Trinajstić information content (AvgIpc) is 2.87. The maximum atomic E-state index is 5.17. The highest BCUT2D eigenvalue weighted by Gasteiger charge is 2.01. The molecule has 0 amide bonds. The second kappa shape index (κ2) is 7.62. The molecule has 0 radical (unpaired) electrons. The van der Waals surface area contributed by atoms with Gasteiger partial charge >= 0.3 is 0 Å². The lowest BCUT2D eigenvalue weighted by Crippen LogP contribution is -2.30. The summed E-state index contributed by atoms with van der Waals surface area (Å²) in [5.74, 6) is 0. The first kappa shape index (κ1) is 14.5. The Morgan fingerprint density at radius 1 is 1.35 bits per heavy atom. The van der Waals surface area contributed by atoms with Gasteiger partial charge in [-0.25, -0.2) is 0 Å². The molecule has 0 aliphatic carbocycles. The Morgan fingerprint density at radius 3 is 2.90 bits per heavy atom. The highest BCUT2D eigenvalue weighted by Crippen LogP contribution is 2.07. The highest BCUT2D eigenvalue weighted by atomic mass is 32.1. The first-order valence-corrected chi connectivity index (χ1v) is 6.79. The number of hydrogen-bond donors (Lipinski definition) is 2. The summed E-state index contributed by atoms with van der Waals surface area (Å²) in [6.07, 6.45) is 3.69. The van der Waals surface area contributed by atoms with Crippen LogP contribution < -0.4 is 10.6 Å². The number of thiocarbonyl (C=S) groups is 1. The summed E-state index contributed by atoms with van der Waals surface area (Å²) in [5.41, 5.74) is 2.08. The standard InChI is InChI=1S/C14H18N4OS/c1-19-8-7-15-14(20)17-13-9-16-18(11-13)10-12-5-3-2-4-6-12/h2-6,9,11H,7-8,10H2,1H3,(H2,15,17,20). The van der Waals surface area contributed by atoms with Gasteiger partial charge in [-0.05, 0) is 17.8 Å². The highest BCUT2D eigenvalue weighted by molar-refractivity contribution is 7.80. The van der Waals surface area contributed by atoms with E-state index in [9.17, 15) is 0 Å². The van der Waals surface area contributed by atoms with Crippen molar-refractivity contribution in [2.24, 2.45) is 0 Å². The Hall–Kier alpha value is -1.92. The molecule has 5 nitrogen and oxygen atoms in total. The fourth-order valence-corrected chi connectivity index (χ4v) is 1.95. The topological polar surface area (TPSA) is 51.1 Å². The summed E-state index contributed by atoms with van der Waals surface area (Å²) in [6, 6.07) is 10.2. The van der Waals surface area contributed by atoms with Crippen LogP contribution in [0.4, 0.5) is 5.69 Å². The summed E-state index contributed by atoms with van der Waals surface area (Å²) >= 11 is 5.17. The second-order valence-corrected chi connectivity index (χ2v) is 4.69. The van der Waals surface area contributed by atoms with E-state index in [1.807, 2.05) is 29.1 Å². The number of nitrogens with zero attached hydrogens (tertiary/aromatic N) is 2. The molecule has 106 valence electrons. The Morgan fingerprint density at radius 2 is 2.15 bits per heavy atom. The van der Waals surface area contributed by atoms with E-state index < -0.39 is 0 Å². The lowest BCUT2D eigenvalue weighted by molar-refractivity contribution is 0.204. The molecule has 20 heavy (non-hydrogen) atoms. The number of methoxy groups -OCH3 is 1. The van der Waals surface area contributed by atoms with E-state index >= 15 is 0 Å². The Bertz CT molecular complexity index is 541. The van der Waals surface area contributed by atoms with E-state index in [1.165, 1.54) is 5.56 Å². The van der Waals surface area contributed by atoms with Crippen LogP contribution in [0, 0.1) is 0 Å². The predicted octanol–water partition coefficient (Wildman–Crippen LogP) is 1.86. The molecule has 0 unspecified atom stereocenters. The third kappa shape index (κ3) is 4.64. The average molecular weight is 290 g/mol. The third-order valence-electron chi connectivity index (χ3n) is 2.67. The number of aromatic nitrogens is 2. The summed E-state index contributed by atoms with van der Waals surface area (Å²) in [6.45, 7) is 2.04. The minimum Gasteiger partial charge on any atom is -0.383 e. The maximum Gasteiger partial charge on any atom is 0.170 e. The van der Waals surface area contributed by atoms with Gasteiger partial charge in [-0.2, -0.15) is 5.10 Å². The molecule has 2 N–H and O–H groups in total.